The summed E-state index contributed by atoms with van der Waals surface area (Å²) in [6.45, 7) is 8.21. The fraction of sp³-hybridized carbons (Fsp3) is 0.364. The highest BCUT2D eigenvalue weighted by Crippen LogP contribution is 2.26. The zero-order chi connectivity index (χ0) is 19.1. The van der Waals surface area contributed by atoms with Crippen LogP contribution in [0.15, 0.2) is 54.6 Å². The van der Waals surface area contributed by atoms with Crippen LogP contribution in [0.1, 0.15) is 51.3 Å². The van der Waals surface area contributed by atoms with Gasteiger partial charge in [0.15, 0.2) is 0 Å². The molecule has 1 unspecified atom stereocenters. The summed E-state index contributed by atoms with van der Waals surface area (Å²) in [6, 6.07) is 17.6. The van der Waals surface area contributed by atoms with Gasteiger partial charge in [0.1, 0.15) is 0 Å². The van der Waals surface area contributed by atoms with Crippen LogP contribution in [0, 0.1) is 5.92 Å². The van der Waals surface area contributed by atoms with Gasteiger partial charge in [-0.1, -0.05) is 56.3 Å². The summed E-state index contributed by atoms with van der Waals surface area (Å²) in [5, 5.41) is 2.81. The summed E-state index contributed by atoms with van der Waals surface area (Å²) in [4.78, 5) is 26.1. The van der Waals surface area contributed by atoms with Crippen molar-refractivity contribution in [2.45, 2.75) is 46.7 Å². The van der Waals surface area contributed by atoms with Gasteiger partial charge in [-0.25, -0.2) is 0 Å². The maximum atomic E-state index is 12.9. The fourth-order valence-corrected chi connectivity index (χ4v) is 2.95. The topological polar surface area (TPSA) is 49.4 Å². The van der Waals surface area contributed by atoms with Crippen molar-refractivity contribution in [1.82, 2.24) is 4.90 Å². The first kappa shape index (κ1) is 19.7. The second-order valence-corrected chi connectivity index (χ2v) is 7.09. The SMILES string of the molecule is CC(=O)Nc1cccc(C(C)N(Cc2ccccc2)C(=O)CC(C)C)c1. The molecule has 4 nitrogen and oxygen atoms in total. The molecule has 26 heavy (non-hydrogen) atoms. The molecule has 0 aliphatic rings. The van der Waals surface area contributed by atoms with Gasteiger partial charge >= 0.3 is 0 Å². The molecule has 1 atom stereocenters. The van der Waals surface area contributed by atoms with Crippen LogP contribution >= 0.6 is 0 Å². The van der Waals surface area contributed by atoms with E-state index in [0.29, 0.717) is 18.9 Å². The number of rotatable bonds is 7. The standard InChI is InChI=1S/C22H28N2O2/c1-16(2)13-22(26)24(15-19-9-6-5-7-10-19)17(3)20-11-8-12-21(14-20)23-18(4)25/h5-12,14,16-17H,13,15H2,1-4H3,(H,23,25). The molecular weight excluding hydrogens is 324 g/mol. The van der Waals surface area contributed by atoms with Gasteiger partial charge < -0.3 is 10.2 Å². The van der Waals surface area contributed by atoms with Crippen LogP contribution in [0.3, 0.4) is 0 Å². The lowest BCUT2D eigenvalue weighted by molar-refractivity contribution is -0.134. The third kappa shape index (κ3) is 5.73. The summed E-state index contributed by atoms with van der Waals surface area (Å²) >= 11 is 0. The molecule has 2 amide bonds. The first-order valence-corrected chi connectivity index (χ1v) is 9.07. The van der Waals surface area contributed by atoms with E-state index in [-0.39, 0.29) is 17.9 Å². The Bertz CT molecular complexity index is 741. The molecule has 1 N–H and O–H groups in total. The Balaban J connectivity index is 2.28. The molecule has 0 saturated carbocycles. The fourth-order valence-electron chi connectivity index (χ4n) is 2.95. The van der Waals surface area contributed by atoms with E-state index in [1.807, 2.05) is 66.4 Å². The van der Waals surface area contributed by atoms with Crippen molar-refractivity contribution in [3.8, 4) is 0 Å². The zero-order valence-corrected chi connectivity index (χ0v) is 16.0. The third-order valence-electron chi connectivity index (χ3n) is 4.26. The number of nitrogens with zero attached hydrogens (tertiary/aromatic N) is 1. The molecule has 2 aromatic carbocycles. The Morgan fingerprint density at radius 1 is 1.00 bits per heavy atom. The van der Waals surface area contributed by atoms with Crippen LogP contribution in [-0.2, 0) is 16.1 Å². The van der Waals surface area contributed by atoms with Crippen molar-refractivity contribution in [3.05, 3.63) is 65.7 Å². The molecule has 0 fully saturated rings. The van der Waals surface area contributed by atoms with Gasteiger partial charge in [0, 0.05) is 25.6 Å². The van der Waals surface area contributed by atoms with E-state index in [9.17, 15) is 9.59 Å². The van der Waals surface area contributed by atoms with Crippen molar-refractivity contribution in [2.75, 3.05) is 5.32 Å². The van der Waals surface area contributed by atoms with Crippen LogP contribution in [0.5, 0.6) is 0 Å². The minimum Gasteiger partial charge on any atom is -0.332 e. The van der Waals surface area contributed by atoms with Crippen molar-refractivity contribution >= 4 is 17.5 Å². The van der Waals surface area contributed by atoms with E-state index >= 15 is 0 Å². The Labute approximate surface area is 156 Å². The van der Waals surface area contributed by atoms with Gasteiger partial charge in [-0.15, -0.1) is 0 Å². The molecule has 0 saturated heterocycles. The Morgan fingerprint density at radius 3 is 2.31 bits per heavy atom. The molecule has 2 aromatic rings. The molecule has 0 spiro atoms. The maximum absolute atomic E-state index is 12.9. The first-order chi connectivity index (χ1) is 12.4. The largest absolute Gasteiger partial charge is 0.332 e. The lowest BCUT2D eigenvalue weighted by Crippen LogP contribution is -2.33. The Hall–Kier alpha value is -2.62. The van der Waals surface area contributed by atoms with E-state index in [4.69, 9.17) is 0 Å². The molecule has 138 valence electrons. The lowest BCUT2D eigenvalue weighted by Gasteiger charge is -2.31. The van der Waals surface area contributed by atoms with Crippen LogP contribution < -0.4 is 5.32 Å². The van der Waals surface area contributed by atoms with E-state index < -0.39 is 0 Å². The van der Waals surface area contributed by atoms with Crippen LogP contribution in [-0.4, -0.2) is 16.7 Å². The highest BCUT2D eigenvalue weighted by atomic mass is 16.2. The number of carbonyl (C=O) groups excluding carboxylic acids is 2. The van der Waals surface area contributed by atoms with Gasteiger partial charge in [0.2, 0.25) is 11.8 Å². The lowest BCUT2D eigenvalue weighted by atomic mass is 10.0. The molecule has 0 aromatic heterocycles. The van der Waals surface area contributed by atoms with Gasteiger partial charge in [0.25, 0.3) is 0 Å². The van der Waals surface area contributed by atoms with E-state index in [2.05, 4.69) is 19.2 Å². The van der Waals surface area contributed by atoms with Crippen LogP contribution in [0.25, 0.3) is 0 Å². The number of anilines is 1. The normalized spacial score (nSPS) is 11.9. The summed E-state index contributed by atoms with van der Waals surface area (Å²) in [6.07, 6.45) is 0.516. The van der Waals surface area contributed by atoms with E-state index in [1.165, 1.54) is 6.92 Å². The van der Waals surface area contributed by atoms with Crippen LogP contribution in [0.2, 0.25) is 0 Å². The van der Waals surface area contributed by atoms with Crippen molar-refractivity contribution in [1.29, 1.82) is 0 Å². The van der Waals surface area contributed by atoms with Crippen molar-refractivity contribution < 1.29 is 9.59 Å². The summed E-state index contributed by atoms with van der Waals surface area (Å²) in [5.41, 5.74) is 2.86. The predicted octanol–water partition coefficient (Wildman–Crippen LogP) is 4.78. The second kappa shape index (κ2) is 9.18. The molecule has 2 rings (SSSR count). The molecule has 0 radical (unpaired) electrons. The number of nitrogens with one attached hydrogen (secondary N) is 1. The number of carbonyl (C=O) groups is 2. The van der Waals surface area contributed by atoms with E-state index in [0.717, 1.165) is 16.8 Å². The Morgan fingerprint density at radius 2 is 1.69 bits per heavy atom. The highest BCUT2D eigenvalue weighted by Gasteiger charge is 2.22. The number of benzene rings is 2. The minimum absolute atomic E-state index is 0.0878. The zero-order valence-electron chi connectivity index (χ0n) is 16.0. The first-order valence-electron chi connectivity index (χ1n) is 9.07. The predicted molar refractivity (Wildman–Crippen MR) is 106 cm³/mol. The molecule has 0 aliphatic heterocycles. The number of hydrogen-bond acceptors (Lipinski definition) is 2. The number of amides is 2. The average Bonchev–Trinajstić information content (AvgIpc) is 2.59. The second-order valence-electron chi connectivity index (χ2n) is 7.09. The monoisotopic (exact) mass is 352 g/mol. The molecule has 0 bridgehead atoms. The van der Waals surface area contributed by atoms with Gasteiger partial charge in [-0.3, -0.25) is 9.59 Å². The maximum Gasteiger partial charge on any atom is 0.223 e. The van der Waals surface area contributed by atoms with Crippen molar-refractivity contribution in [3.63, 3.8) is 0 Å². The quantitative estimate of drug-likeness (QED) is 0.779. The minimum atomic E-state index is -0.105. The van der Waals surface area contributed by atoms with Gasteiger partial charge in [0.05, 0.1) is 6.04 Å². The molecule has 0 aliphatic carbocycles. The van der Waals surface area contributed by atoms with E-state index in [1.54, 1.807) is 0 Å². The molecular formula is C22H28N2O2. The summed E-state index contributed by atoms with van der Waals surface area (Å²) in [7, 11) is 0. The summed E-state index contributed by atoms with van der Waals surface area (Å²) in [5.74, 6) is 0.340. The Kier molecular flexibility index (Phi) is 6.96. The van der Waals surface area contributed by atoms with Crippen LogP contribution in [0.4, 0.5) is 5.69 Å². The highest BCUT2D eigenvalue weighted by molar-refractivity contribution is 5.88. The molecule has 0 heterocycles. The smallest absolute Gasteiger partial charge is 0.223 e. The van der Waals surface area contributed by atoms with Gasteiger partial charge in [-0.2, -0.15) is 0 Å². The summed E-state index contributed by atoms with van der Waals surface area (Å²) < 4.78 is 0. The number of hydrogen-bond donors (Lipinski definition) is 1. The van der Waals surface area contributed by atoms with Gasteiger partial charge in [-0.05, 0) is 36.1 Å². The van der Waals surface area contributed by atoms with Crippen molar-refractivity contribution in [2.24, 2.45) is 5.92 Å². The third-order valence-corrected chi connectivity index (χ3v) is 4.26. The average molecular weight is 352 g/mol. The molecule has 4 heteroatoms.